The zero-order valence-electron chi connectivity index (χ0n) is 15.4. The van der Waals surface area contributed by atoms with Crippen LogP contribution in [-0.2, 0) is 0 Å². The third kappa shape index (κ3) is 2.91. The summed E-state index contributed by atoms with van der Waals surface area (Å²) in [4.78, 5) is 32.1. The molecule has 3 heterocycles. The Morgan fingerprint density at radius 2 is 1.79 bits per heavy atom. The van der Waals surface area contributed by atoms with Gasteiger partial charge in [-0.2, -0.15) is 0 Å². The molecule has 29 heavy (non-hydrogen) atoms. The second-order valence-corrected chi connectivity index (χ2v) is 6.93. The third-order valence-corrected chi connectivity index (χ3v) is 5.21. The highest BCUT2D eigenvalue weighted by Gasteiger charge is 2.27. The number of para-hydroxylation sites is 1. The summed E-state index contributed by atoms with van der Waals surface area (Å²) in [5, 5.41) is 7.96. The Kier molecular flexibility index (Phi) is 4.01. The van der Waals surface area contributed by atoms with Gasteiger partial charge in [0.05, 0.1) is 11.0 Å². The van der Waals surface area contributed by atoms with Crippen molar-refractivity contribution >= 4 is 28.1 Å². The van der Waals surface area contributed by atoms with Crippen molar-refractivity contribution in [2.75, 3.05) is 31.1 Å². The lowest BCUT2D eigenvalue weighted by Crippen LogP contribution is -2.49. The summed E-state index contributed by atoms with van der Waals surface area (Å²) in [6, 6.07) is 14.0. The molecule has 0 spiro atoms. The van der Waals surface area contributed by atoms with E-state index in [1.807, 2.05) is 30.3 Å². The molecule has 1 aliphatic rings. The lowest BCUT2D eigenvalue weighted by molar-refractivity contribution is 0.0742. The molecule has 1 amide bonds. The van der Waals surface area contributed by atoms with Gasteiger partial charge < -0.3 is 14.8 Å². The van der Waals surface area contributed by atoms with E-state index >= 15 is 0 Å². The van der Waals surface area contributed by atoms with Crippen molar-refractivity contribution in [1.29, 1.82) is 0 Å². The van der Waals surface area contributed by atoms with Crippen LogP contribution in [0.1, 0.15) is 10.5 Å². The molecule has 2 aromatic heterocycles. The highest BCUT2D eigenvalue weighted by atomic mass is 19.1. The number of nitrogens with one attached hydrogen (secondary N) is 1. The van der Waals surface area contributed by atoms with Crippen molar-refractivity contribution in [3.63, 3.8) is 0 Å². The number of benzene rings is 2. The molecule has 0 atom stereocenters. The second-order valence-electron chi connectivity index (χ2n) is 6.93. The largest absolute Gasteiger partial charge is 0.368 e. The first-order chi connectivity index (χ1) is 14.1. The number of carbonyl (C=O) groups excluding carboxylic acids is 1. The summed E-state index contributed by atoms with van der Waals surface area (Å²) in [5.74, 6) is -0.806. The number of halogens is 1. The molecular weight excluding hydrogens is 375 g/mol. The summed E-state index contributed by atoms with van der Waals surface area (Å²) >= 11 is 0. The maximum atomic E-state index is 13.5. The van der Waals surface area contributed by atoms with E-state index in [4.69, 9.17) is 0 Å². The van der Waals surface area contributed by atoms with Crippen molar-refractivity contribution in [3.05, 3.63) is 70.4 Å². The van der Waals surface area contributed by atoms with Crippen molar-refractivity contribution in [2.45, 2.75) is 0 Å². The number of piperazine rings is 1. The Morgan fingerprint density at radius 3 is 2.55 bits per heavy atom. The van der Waals surface area contributed by atoms with Crippen LogP contribution in [0.15, 0.2) is 53.3 Å². The van der Waals surface area contributed by atoms with Gasteiger partial charge in [0.2, 0.25) is 0 Å². The van der Waals surface area contributed by atoms with Gasteiger partial charge in [-0.1, -0.05) is 23.4 Å². The average molecular weight is 392 g/mol. The van der Waals surface area contributed by atoms with E-state index < -0.39 is 11.4 Å². The van der Waals surface area contributed by atoms with Crippen LogP contribution in [0, 0.1) is 5.82 Å². The number of fused-ring (bicyclic) bond motifs is 3. The smallest absolute Gasteiger partial charge is 0.277 e. The average Bonchev–Trinajstić information content (AvgIpc) is 3.20. The topological polar surface area (TPSA) is 86.6 Å². The summed E-state index contributed by atoms with van der Waals surface area (Å²) in [5.41, 5.74) is 1.43. The molecule has 1 aliphatic heterocycles. The minimum atomic E-state index is -0.528. The predicted molar refractivity (Wildman–Crippen MR) is 106 cm³/mol. The number of amides is 1. The fourth-order valence-corrected chi connectivity index (χ4v) is 3.73. The van der Waals surface area contributed by atoms with E-state index in [0.717, 1.165) is 5.69 Å². The van der Waals surface area contributed by atoms with Gasteiger partial charge in [0.15, 0.2) is 11.2 Å². The number of hydrogen-bond donors (Lipinski definition) is 1. The molecule has 0 unspecified atom stereocenters. The number of hydrogen-bond acceptors (Lipinski definition) is 5. The highest BCUT2D eigenvalue weighted by Crippen LogP contribution is 2.18. The molecular formula is C20H17FN6O2. The van der Waals surface area contributed by atoms with Crippen LogP contribution in [0.4, 0.5) is 10.1 Å². The van der Waals surface area contributed by atoms with Crippen molar-refractivity contribution in [3.8, 4) is 0 Å². The lowest BCUT2D eigenvalue weighted by Gasteiger charge is -2.35. The molecule has 4 aromatic rings. The number of aromatic amines is 1. The van der Waals surface area contributed by atoms with Crippen LogP contribution < -0.4 is 10.5 Å². The van der Waals surface area contributed by atoms with Crippen LogP contribution in [0.2, 0.25) is 0 Å². The van der Waals surface area contributed by atoms with Crippen LogP contribution in [0.25, 0.3) is 16.6 Å². The van der Waals surface area contributed by atoms with Crippen LogP contribution >= 0.6 is 0 Å². The number of nitrogens with zero attached hydrogens (tertiary/aromatic N) is 5. The van der Waals surface area contributed by atoms with E-state index in [0.29, 0.717) is 37.2 Å². The minimum absolute atomic E-state index is 0.00522. The highest BCUT2D eigenvalue weighted by molar-refractivity contribution is 5.99. The number of rotatable bonds is 2. The molecule has 2 aromatic carbocycles. The molecule has 5 rings (SSSR count). The molecule has 0 aliphatic carbocycles. The molecule has 0 bridgehead atoms. The Hall–Kier alpha value is -3.75. The van der Waals surface area contributed by atoms with E-state index in [2.05, 4.69) is 20.2 Å². The fraction of sp³-hybridized carbons (Fsp3) is 0.200. The molecule has 9 heteroatoms. The van der Waals surface area contributed by atoms with Gasteiger partial charge in [-0.05, 0) is 30.3 Å². The molecule has 0 radical (unpaired) electrons. The number of anilines is 1. The number of aromatic nitrogens is 4. The first kappa shape index (κ1) is 17.4. The second kappa shape index (κ2) is 6.69. The van der Waals surface area contributed by atoms with E-state index in [9.17, 15) is 14.0 Å². The Bertz CT molecular complexity index is 1270. The monoisotopic (exact) mass is 392 g/mol. The van der Waals surface area contributed by atoms with Gasteiger partial charge in [0.25, 0.3) is 11.5 Å². The van der Waals surface area contributed by atoms with E-state index in [1.165, 1.54) is 22.7 Å². The van der Waals surface area contributed by atoms with Gasteiger partial charge in [-0.15, -0.1) is 5.10 Å². The maximum Gasteiger partial charge on any atom is 0.277 e. The van der Waals surface area contributed by atoms with Crippen molar-refractivity contribution < 1.29 is 9.18 Å². The SMILES string of the molecule is O=C(c1nnn2c1c(=O)[nH]c1cc(F)ccc12)N1CCN(c2ccccc2)CC1. The maximum absolute atomic E-state index is 13.5. The Morgan fingerprint density at radius 1 is 1.03 bits per heavy atom. The summed E-state index contributed by atoms with van der Waals surface area (Å²) in [6.45, 7) is 2.41. The first-order valence-electron chi connectivity index (χ1n) is 9.28. The normalized spacial score (nSPS) is 14.7. The minimum Gasteiger partial charge on any atom is -0.368 e. The van der Waals surface area contributed by atoms with Gasteiger partial charge in [-0.3, -0.25) is 9.59 Å². The van der Waals surface area contributed by atoms with Gasteiger partial charge in [0.1, 0.15) is 5.82 Å². The van der Waals surface area contributed by atoms with Crippen molar-refractivity contribution in [1.82, 2.24) is 24.7 Å². The summed E-state index contributed by atoms with van der Waals surface area (Å²) in [7, 11) is 0. The van der Waals surface area contributed by atoms with Crippen molar-refractivity contribution in [2.24, 2.45) is 0 Å². The van der Waals surface area contributed by atoms with Gasteiger partial charge in [0, 0.05) is 31.9 Å². The van der Waals surface area contributed by atoms with E-state index in [1.54, 1.807) is 4.90 Å². The molecule has 0 saturated carbocycles. The first-order valence-corrected chi connectivity index (χ1v) is 9.28. The Labute approximate surface area is 164 Å². The summed E-state index contributed by atoms with van der Waals surface area (Å²) < 4.78 is 14.8. The van der Waals surface area contributed by atoms with Crippen LogP contribution in [-0.4, -0.2) is 56.8 Å². The quantitative estimate of drug-likeness (QED) is 0.561. The Balaban J connectivity index is 1.45. The summed E-state index contributed by atoms with van der Waals surface area (Å²) in [6.07, 6.45) is 0. The van der Waals surface area contributed by atoms with Crippen LogP contribution in [0.5, 0.6) is 0 Å². The zero-order valence-corrected chi connectivity index (χ0v) is 15.4. The number of carbonyl (C=O) groups is 1. The zero-order chi connectivity index (χ0) is 20.0. The molecule has 146 valence electrons. The fourth-order valence-electron chi connectivity index (χ4n) is 3.73. The van der Waals surface area contributed by atoms with Gasteiger partial charge >= 0.3 is 0 Å². The lowest BCUT2D eigenvalue weighted by atomic mass is 10.2. The molecule has 8 nitrogen and oxygen atoms in total. The predicted octanol–water partition coefficient (Wildman–Crippen LogP) is 1.67. The molecule has 1 saturated heterocycles. The molecule has 1 fully saturated rings. The van der Waals surface area contributed by atoms with E-state index in [-0.39, 0.29) is 17.1 Å². The standard InChI is InChI=1S/C20H17FN6O2/c21-13-6-7-16-15(12-13)22-19(28)18-17(23-24-27(16)18)20(29)26-10-8-25(9-11-26)14-4-2-1-3-5-14/h1-7,12H,8-11H2,(H,22,28). The molecule has 1 N–H and O–H groups in total. The number of H-pyrrole nitrogens is 1. The van der Waals surface area contributed by atoms with Crippen LogP contribution in [0.3, 0.4) is 0 Å². The van der Waals surface area contributed by atoms with Gasteiger partial charge in [-0.25, -0.2) is 8.91 Å². The third-order valence-electron chi connectivity index (χ3n) is 5.21.